The predicted octanol–water partition coefficient (Wildman–Crippen LogP) is 3.70. The maximum atomic E-state index is 12.8. The van der Waals surface area contributed by atoms with E-state index in [0.717, 1.165) is 3.82 Å². The first-order valence-electron chi connectivity index (χ1n) is 8.49. The Morgan fingerprint density at radius 1 is 1.18 bits per heavy atom. The van der Waals surface area contributed by atoms with Crippen LogP contribution in [0.25, 0.3) is 0 Å². The van der Waals surface area contributed by atoms with Gasteiger partial charge in [0.1, 0.15) is 11.5 Å². The van der Waals surface area contributed by atoms with Crippen molar-refractivity contribution in [3.8, 4) is 17.5 Å². The molecule has 0 bridgehead atoms. The predicted molar refractivity (Wildman–Crippen MR) is 104 cm³/mol. The lowest BCUT2D eigenvalue weighted by atomic mass is 10.3. The van der Waals surface area contributed by atoms with Crippen molar-refractivity contribution in [2.45, 2.75) is 31.3 Å². The normalized spacial score (nSPS) is 12.9. The van der Waals surface area contributed by atoms with E-state index in [-0.39, 0.29) is 16.7 Å². The number of hydrogen-bond acceptors (Lipinski definition) is 6. The first-order valence-corrected chi connectivity index (χ1v) is 10.3. The molecule has 3 aromatic rings. The Hall–Kier alpha value is -2.62. The van der Waals surface area contributed by atoms with Gasteiger partial charge in [0, 0.05) is 12.6 Å². The van der Waals surface area contributed by atoms with Gasteiger partial charge < -0.3 is 9.84 Å². The molecule has 1 atom stereocenters. The van der Waals surface area contributed by atoms with Crippen molar-refractivity contribution in [1.29, 1.82) is 0 Å². The topological polar surface area (TPSA) is 97.6 Å². The van der Waals surface area contributed by atoms with E-state index < -0.39 is 16.1 Å². The second kappa shape index (κ2) is 8.17. The van der Waals surface area contributed by atoms with Crippen LogP contribution < -0.4 is 4.74 Å². The lowest BCUT2D eigenvalue weighted by Gasteiger charge is -2.21. The van der Waals surface area contributed by atoms with Gasteiger partial charge in [-0.15, -0.1) is 5.10 Å². The molecule has 0 saturated carbocycles. The third kappa shape index (κ3) is 3.96. The van der Waals surface area contributed by atoms with E-state index in [1.807, 2.05) is 6.92 Å². The molecule has 0 saturated heterocycles. The fourth-order valence-corrected chi connectivity index (χ4v) is 4.17. The van der Waals surface area contributed by atoms with Crippen molar-refractivity contribution in [1.82, 2.24) is 18.6 Å². The fourth-order valence-electron chi connectivity index (χ4n) is 2.63. The van der Waals surface area contributed by atoms with E-state index in [4.69, 9.17) is 16.5 Å². The Labute approximate surface area is 168 Å². The van der Waals surface area contributed by atoms with Gasteiger partial charge in [0.2, 0.25) is 0 Å². The molecule has 1 heterocycles. The van der Waals surface area contributed by atoms with E-state index in [9.17, 15) is 13.5 Å². The van der Waals surface area contributed by atoms with Crippen LogP contribution in [0.1, 0.15) is 25.7 Å². The highest BCUT2D eigenvalue weighted by atomic mass is 35.5. The van der Waals surface area contributed by atoms with Crippen LogP contribution in [-0.4, -0.2) is 32.1 Å². The maximum Gasteiger partial charge on any atom is 0.322 e. The summed E-state index contributed by atoms with van der Waals surface area (Å²) in [4.78, 5) is 0.0793. The molecule has 0 aliphatic rings. The summed E-state index contributed by atoms with van der Waals surface area (Å²) in [6.07, 6.45) is 0. The molecule has 10 heteroatoms. The molecule has 2 aromatic carbocycles. The molecule has 0 aliphatic heterocycles. The third-order valence-electron chi connectivity index (χ3n) is 4.04. The van der Waals surface area contributed by atoms with Crippen molar-refractivity contribution in [3.63, 3.8) is 0 Å². The quantitative estimate of drug-likeness (QED) is 0.583. The van der Waals surface area contributed by atoms with E-state index in [2.05, 4.69) is 10.2 Å². The molecular weight excluding hydrogens is 404 g/mol. The molecule has 0 unspecified atom stereocenters. The number of benzene rings is 2. The summed E-state index contributed by atoms with van der Waals surface area (Å²) in [5.74, 6) is 0.752. The number of phenolic OH excluding ortho intramolecular Hbond substituents is 1. The van der Waals surface area contributed by atoms with Crippen LogP contribution in [0.4, 0.5) is 0 Å². The van der Waals surface area contributed by atoms with Gasteiger partial charge in [-0.3, -0.25) is 4.57 Å². The Morgan fingerprint density at radius 3 is 2.54 bits per heavy atom. The van der Waals surface area contributed by atoms with Gasteiger partial charge in [-0.25, -0.2) is 8.42 Å². The maximum absolute atomic E-state index is 12.8. The SMILES string of the molecule is CCn1c(Oc2cccc(O)c2)nnc1[C@@H](C)N(Cl)S(=O)(=O)c1ccccc1. The van der Waals surface area contributed by atoms with E-state index in [1.165, 1.54) is 24.3 Å². The minimum absolute atomic E-state index is 0.0505. The summed E-state index contributed by atoms with van der Waals surface area (Å²) in [6.45, 7) is 3.89. The number of aromatic hydroxyl groups is 1. The average Bonchev–Trinajstić information content (AvgIpc) is 3.10. The van der Waals surface area contributed by atoms with Crippen LogP contribution in [-0.2, 0) is 16.6 Å². The molecular formula is C18H19ClN4O4S. The van der Waals surface area contributed by atoms with Crippen LogP contribution in [0, 0.1) is 0 Å². The molecule has 0 fully saturated rings. The minimum atomic E-state index is -3.92. The fraction of sp³-hybridized carbons (Fsp3) is 0.222. The van der Waals surface area contributed by atoms with Gasteiger partial charge in [-0.2, -0.15) is 0 Å². The second-order valence-electron chi connectivity index (χ2n) is 5.92. The standard InChI is InChI=1S/C18H19ClN4O4S/c1-3-22-17(20-21-18(22)27-15-9-7-8-14(24)12-15)13(2)23(19)28(25,26)16-10-5-4-6-11-16/h4-13,24H,3H2,1-2H3/t13-/m1/s1. The molecule has 1 N–H and O–H groups in total. The highest BCUT2D eigenvalue weighted by molar-refractivity contribution is 7.90. The number of aromatic nitrogens is 3. The number of phenols is 1. The van der Waals surface area contributed by atoms with Crippen molar-refractivity contribution in [2.24, 2.45) is 0 Å². The first-order chi connectivity index (χ1) is 13.3. The molecule has 0 amide bonds. The minimum Gasteiger partial charge on any atom is -0.508 e. The molecule has 0 spiro atoms. The van der Waals surface area contributed by atoms with Crippen molar-refractivity contribution < 1.29 is 18.3 Å². The first kappa shape index (κ1) is 20.1. The van der Waals surface area contributed by atoms with Crippen molar-refractivity contribution in [2.75, 3.05) is 0 Å². The molecule has 28 heavy (non-hydrogen) atoms. The average molecular weight is 423 g/mol. The summed E-state index contributed by atoms with van der Waals surface area (Å²) in [7, 11) is -3.92. The zero-order valence-corrected chi connectivity index (χ0v) is 16.8. The van der Waals surface area contributed by atoms with E-state index in [1.54, 1.807) is 41.8 Å². The zero-order valence-electron chi connectivity index (χ0n) is 15.2. The number of nitrogens with zero attached hydrogens (tertiary/aromatic N) is 4. The second-order valence-corrected chi connectivity index (χ2v) is 8.30. The molecule has 3 rings (SSSR count). The highest BCUT2D eigenvalue weighted by Gasteiger charge is 2.32. The monoisotopic (exact) mass is 422 g/mol. The molecule has 148 valence electrons. The van der Waals surface area contributed by atoms with Crippen LogP contribution in [0.15, 0.2) is 59.5 Å². The summed E-state index contributed by atoms with van der Waals surface area (Å²) >= 11 is 6.20. The van der Waals surface area contributed by atoms with Crippen LogP contribution in [0.3, 0.4) is 0 Å². The van der Waals surface area contributed by atoms with Crippen LogP contribution in [0.2, 0.25) is 0 Å². The van der Waals surface area contributed by atoms with Gasteiger partial charge in [0.05, 0.1) is 10.9 Å². The van der Waals surface area contributed by atoms with Crippen LogP contribution in [0.5, 0.6) is 17.5 Å². The molecule has 0 aliphatic carbocycles. The Balaban J connectivity index is 1.90. The Kier molecular flexibility index (Phi) is 5.87. The lowest BCUT2D eigenvalue weighted by Crippen LogP contribution is -2.27. The van der Waals surface area contributed by atoms with E-state index in [0.29, 0.717) is 18.1 Å². The number of ether oxygens (including phenoxy) is 1. The molecule has 1 aromatic heterocycles. The van der Waals surface area contributed by atoms with Crippen molar-refractivity contribution in [3.05, 3.63) is 60.4 Å². The molecule has 0 radical (unpaired) electrons. The van der Waals surface area contributed by atoms with Crippen LogP contribution >= 0.6 is 11.8 Å². The van der Waals surface area contributed by atoms with Gasteiger partial charge in [-0.1, -0.05) is 33.2 Å². The summed E-state index contributed by atoms with van der Waals surface area (Å²) < 4.78 is 33.5. The summed E-state index contributed by atoms with van der Waals surface area (Å²) in [6, 6.07) is 13.5. The molecule has 8 nitrogen and oxygen atoms in total. The lowest BCUT2D eigenvalue weighted by molar-refractivity contribution is 0.395. The number of halogens is 1. The number of sulfonamides is 1. The Bertz CT molecular complexity index is 1060. The smallest absolute Gasteiger partial charge is 0.322 e. The number of rotatable bonds is 7. The largest absolute Gasteiger partial charge is 0.508 e. The van der Waals surface area contributed by atoms with Gasteiger partial charge >= 0.3 is 6.01 Å². The summed E-state index contributed by atoms with van der Waals surface area (Å²) in [5.41, 5.74) is 0. The van der Waals surface area contributed by atoms with Gasteiger partial charge in [0.25, 0.3) is 10.0 Å². The highest BCUT2D eigenvalue weighted by Crippen LogP contribution is 2.31. The Morgan fingerprint density at radius 2 is 1.89 bits per heavy atom. The zero-order chi connectivity index (χ0) is 20.3. The van der Waals surface area contributed by atoms with Gasteiger partial charge in [-0.05, 0) is 49.9 Å². The van der Waals surface area contributed by atoms with Crippen molar-refractivity contribution >= 4 is 21.8 Å². The van der Waals surface area contributed by atoms with Gasteiger partial charge in [0.15, 0.2) is 5.82 Å². The number of hydrogen-bond donors (Lipinski definition) is 1. The third-order valence-corrected chi connectivity index (χ3v) is 6.52. The van der Waals surface area contributed by atoms with E-state index >= 15 is 0 Å². The summed E-state index contributed by atoms with van der Waals surface area (Å²) in [5, 5.41) is 17.6.